The summed E-state index contributed by atoms with van der Waals surface area (Å²) in [5.74, 6) is -1.60. The number of fused-ring (bicyclic) bond motifs is 1. The lowest BCUT2D eigenvalue weighted by molar-refractivity contribution is -0.150. The fourth-order valence-electron chi connectivity index (χ4n) is 6.37. The second-order valence-corrected chi connectivity index (χ2v) is 14.7. The molecule has 0 radical (unpaired) electrons. The third-order valence-electron chi connectivity index (χ3n) is 8.56. The highest BCUT2D eigenvalue weighted by molar-refractivity contribution is 8.00. The van der Waals surface area contributed by atoms with Crippen molar-refractivity contribution < 1.29 is 23.8 Å². The molecule has 2 atom stereocenters. The summed E-state index contributed by atoms with van der Waals surface area (Å²) in [5, 5.41) is 14.5. The third-order valence-corrected chi connectivity index (χ3v) is 12.2. The van der Waals surface area contributed by atoms with Crippen molar-refractivity contribution in [2.45, 2.75) is 17.0 Å². The molecule has 0 spiro atoms. The molecule has 234 valence electrons. The zero-order chi connectivity index (χ0) is 32.4. The second-order valence-electron chi connectivity index (χ2n) is 11.3. The van der Waals surface area contributed by atoms with Gasteiger partial charge in [-0.05, 0) is 41.0 Å². The Morgan fingerprint density at radius 1 is 0.723 bits per heavy atom. The zero-order valence-corrected chi connectivity index (χ0v) is 26.9. The van der Waals surface area contributed by atoms with Gasteiger partial charge in [0.15, 0.2) is 5.70 Å². The van der Waals surface area contributed by atoms with E-state index >= 15 is 0 Å². The smallest absolute Gasteiger partial charge is 0.356 e. The van der Waals surface area contributed by atoms with E-state index < -0.39 is 36.2 Å². The number of carbonyl (C=O) groups is 2. The van der Waals surface area contributed by atoms with E-state index in [4.69, 9.17) is 4.52 Å². The molecule has 9 heteroatoms. The van der Waals surface area contributed by atoms with Crippen LogP contribution in [0.3, 0.4) is 0 Å². The Balaban J connectivity index is 1.29. The Morgan fingerprint density at radius 2 is 1.13 bits per heavy atom. The lowest BCUT2D eigenvalue weighted by Gasteiger charge is -2.52. The van der Waals surface area contributed by atoms with Crippen LogP contribution in [0.1, 0.15) is 16.7 Å². The van der Waals surface area contributed by atoms with Crippen molar-refractivity contribution in [2.24, 2.45) is 0 Å². The molecular weight excluding hydrogens is 627 g/mol. The summed E-state index contributed by atoms with van der Waals surface area (Å²) in [6, 6.07) is 46.6. The highest BCUT2D eigenvalue weighted by Gasteiger charge is 2.57. The molecule has 2 heterocycles. The Morgan fingerprint density at radius 3 is 1.53 bits per heavy atom. The lowest BCUT2D eigenvalue weighted by Crippen LogP contribution is -2.72. The van der Waals surface area contributed by atoms with Gasteiger partial charge < -0.3 is 9.63 Å². The van der Waals surface area contributed by atoms with E-state index in [2.05, 4.69) is 5.32 Å². The van der Waals surface area contributed by atoms with Gasteiger partial charge in [-0.15, -0.1) is 11.8 Å². The molecule has 2 aliphatic heterocycles. The molecule has 5 aromatic carbocycles. The van der Waals surface area contributed by atoms with E-state index in [1.165, 1.54) is 16.7 Å². The van der Waals surface area contributed by atoms with Crippen molar-refractivity contribution >= 4 is 41.6 Å². The van der Waals surface area contributed by atoms with Crippen LogP contribution in [0.5, 0.6) is 0 Å². The monoisotopic (exact) mass is 658 g/mol. The van der Waals surface area contributed by atoms with Crippen LogP contribution in [0.25, 0.3) is 0 Å². The molecule has 2 N–H and O–H groups in total. The van der Waals surface area contributed by atoms with Crippen LogP contribution in [-0.4, -0.2) is 39.1 Å². The molecule has 47 heavy (non-hydrogen) atoms. The van der Waals surface area contributed by atoms with Crippen molar-refractivity contribution in [1.82, 2.24) is 10.2 Å². The van der Waals surface area contributed by atoms with Gasteiger partial charge in [0, 0.05) is 0 Å². The van der Waals surface area contributed by atoms with E-state index in [1.807, 2.05) is 103 Å². The summed E-state index contributed by atoms with van der Waals surface area (Å²) in [6.07, 6.45) is 0. The average Bonchev–Trinajstić information content (AvgIpc) is 3.13. The van der Waals surface area contributed by atoms with Crippen LogP contribution in [0.4, 0.5) is 0 Å². The predicted octanol–water partition coefficient (Wildman–Crippen LogP) is 6.09. The molecule has 0 unspecified atom stereocenters. The van der Waals surface area contributed by atoms with Gasteiger partial charge in [0.25, 0.3) is 0 Å². The van der Waals surface area contributed by atoms with E-state index in [9.17, 15) is 19.3 Å². The van der Waals surface area contributed by atoms with Crippen molar-refractivity contribution in [3.8, 4) is 0 Å². The maximum Gasteiger partial charge on any atom is 0.356 e. The first-order chi connectivity index (χ1) is 22.9. The summed E-state index contributed by atoms with van der Waals surface area (Å²) in [6.45, 7) is 0. The minimum Gasteiger partial charge on any atom is -0.476 e. The van der Waals surface area contributed by atoms with Crippen LogP contribution in [-0.2, 0) is 24.2 Å². The number of aliphatic carboxylic acids is 1. The number of thioether (sulfide) groups is 1. The van der Waals surface area contributed by atoms with Gasteiger partial charge in [-0.1, -0.05) is 127 Å². The Labute approximate surface area is 277 Å². The quantitative estimate of drug-likeness (QED) is 0.107. The molecule has 2 aliphatic rings. The van der Waals surface area contributed by atoms with Crippen molar-refractivity contribution in [3.05, 3.63) is 180 Å². The lowest BCUT2D eigenvalue weighted by atomic mass is 9.76. The number of hydrogen-bond donors (Lipinski definition) is 2. The van der Waals surface area contributed by atoms with Crippen LogP contribution in [0.2, 0.25) is 0 Å². The molecule has 7 rings (SSSR count). The Hall–Kier alpha value is -4.88. The van der Waals surface area contributed by atoms with Gasteiger partial charge in [-0.25, -0.2) is 4.79 Å². The van der Waals surface area contributed by atoms with Crippen molar-refractivity contribution in [3.63, 3.8) is 0 Å². The molecule has 0 saturated carbocycles. The van der Waals surface area contributed by atoms with E-state index in [-0.39, 0.29) is 17.2 Å². The van der Waals surface area contributed by atoms with Crippen molar-refractivity contribution in [1.29, 1.82) is 0 Å². The molecular formula is C38H31N2O5PS. The SMILES string of the molecule is O=C(O)C1=C(OP(=O)(c2ccccc2)c2ccccc2)CS[C@@H]2[C@H](NC(c3ccccc3)(c3ccccc3)c3ccccc3)C(=O)N12. The first kappa shape index (κ1) is 30.8. The van der Waals surface area contributed by atoms with Crippen LogP contribution in [0, 0.1) is 0 Å². The summed E-state index contributed by atoms with van der Waals surface area (Å²) < 4.78 is 21.0. The number of carboxylic acid groups (broad SMARTS) is 1. The maximum absolute atomic E-state index is 14.7. The first-order valence-corrected chi connectivity index (χ1v) is 17.9. The number of rotatable bonds is 10. The zero-order valence-electron chi connectivity index (χ0n) is 25.2. The van der Waals surface area contributed by atoms with Gasteiger partial charge in [-0.2, -0.15) is 0 Å². The van der Waals surface area contributed by atoms with Gasteiger partial charge in [-0.3, -0.25) is 19.6 Å². The largest absolute Gasteiger partial charge is 0.476 e. The van der Waals surface area contributed by atoms with E-state index in [0.717, 1.165) is 16.7 Å². The average molecular weight is 659 g/mol. The molecule has 1 saturated heterocycles. The number of benzene rings is 5. The number of hydrogen-bond acceptors (Lipinski definition) is 6. The van der Waals surface area contributed by atoms with Crippen LogP contribution in [0.15, 0.2) is 163 Å². The van der Waals surface area contributed by atoms with E-state index in [0.29, 0.717) is 10.6 Å². The predicted molar refractivity (Wildman–Crippen MR) is 185 cm³/mol. The highest BCUT2D eigenvalue weighted by Crippen LogP contribution is 2.51. The third kappa shape index (κ3) is 5.38. The molecule has 0 bridgehead atoms. The Kier molecular flexibility index (Phi) is 8.33. The minimum absolute atomic E-state index is 0.00188. The number of carbonyl (C=O) groups excluding carboxylic acids is 1. The van der Waals surface area contributed by atoms with Crippen LogP contribution >= 0.6 is 19.1 Å². The maximum atomic E-state index is 14.7. The second kappa shape index (κ2) is 12.7. The van der Waals surface area contributed by atoms with Gasteiger partial charge >= 0.3 is 13.3 Å². The Bertz CT molecular complexity index is 1840. The molecule has 0 aliphatic carbocycles. The minimum atomic E-state index is -3.77. The fraction of sp³-hybridized carbons (Fsp3) is 0.105. The van der Waals surface area contributed by atoms with Crippen molar-refractivity contribution in [2.75, 3.05) is 5.75 Å². The summed E-state index contributed by atoms with van der Waals surface area (Å²) in [4.78, 5) is 28.3. The topological polar surface area (TPSA) is 95.9 Å². The molecule has 5 aromatic rings. The van der Waals surface area contributed by atoms with Crippen LogP contribution < -0.4 is 15.9 Å². The normalized spacial score (nSPS) is 17.9. The standard InChI is InChI=1S/C38H31N2O5PS/c41-35-33(39-38(27-16-6-1-7-17-27,28-18-8-2-9-19-28)29-20-10-3-11-21-29)36-40(35)34(37(42)43)32(26-47-36)45-46(44,30-22-12-4-13-23-30)31-24-14-5-15-25-31/h1-25,33,36,39H,26H2,(H,42,43)/t33-,36-/m1/s1. The van der Waals surface area contributed by atoms with Gasteiger partial charge in [0.1, 0.15) is 17.2 Å². The molecule has 1 amide bonds. The number of carboxylic acids is 1. The molecule has 0 aromatic heterocycles. The molecule has 7 nitrogen and oxygen atoms in total. The molecule has 1 fully saturated rings. The number of nitrogens with zero attached hydrogens (tertiary/aromatic N) is 1. The number of β-lactam (4-membered cyclic amide) rings is 1. The van der Waals surface area contributed by atoms with Gasteiger partial charge in [0.2, 0.25) is 5.91 Å². The van der Waals surface area contributed by atoms with E-state index in [1.54, 1.807) is 48.5 Å². The first-order valence-electron chi connectivity index (χ1n) is 15.2. The number of nitrogens with one attached hydrogen (secondary N) is 1. The highest BCUT2D eigenvalue weighted by atomic mass is 32.2. The van der Waals surface area contributed by atoms with Gasteiger partial charge in [0.05, 0.1) is 21.9 Å². The fourth-order valence-corrected chi connectivity index (χ4v) is 9.81. The number of amides is 1. The summed E-state index contributed by atoms with van der Waals surface area (Å²) in [7, 11) is -3.77. The summed E-state index contributed by atoms with van der Waals surface area (Å²) >= 11 is 1.39. The summed E-state index contributed by atoms with van der Waals surface area (Å²) in [5.41, 5.74) is 1.61.